The molecule has 1 aliphatic heterocycles. The van der Waals surface area contributed by atoms with Crippen LogP contribution in [0.5, 0.6) is 0 Å². The molecule has 6 aliphatic rings. The zero-order valence-electron chi connectivity index (χ0n) is 28.8. The fourth-order valence-electron chi connectivity index (χ4n) is 12.2. The quantitative estimate of drug-likeness (QED) is 0.244. The van der Waals surface area contributed by atoms with E-state index in [4.69, 9.17) is 14.2 Å². The number of allylic oxidation sites excluding steroid dienone is 2. The van der Waals surface area contributed by atoms with Crippen molar-refractivity contribution in [2.45, 2.75) is 164 Å². The molecule has 10 atom stereocenters. The summed E-state index contributed by atoms with van der Waals surface area (Å²) in [5, 5.41) is 0. The van der Waals surface area contributed by atoms with Gasteiger partial charge in [-0.25, -0.2) is 0 Å². The molecule has 0 N–H and O–H groups in total. The molecule has 0 spiro atoms. The Labute approximate surface area is 257 Å². The Hall–Kier alpha value is -0.870. The molecule has 2 unspecified atom stereocenters. The van der Waals surface area contributed by atoms with Gasteiger partial charge in [0.15, 0.2) is 5.79 Å². The first-order valence-corrected chi connectivity index (χ1v) is 17.7. The zero-order chi connectivity index (χ0) is 30.6. The molecular weight excluding hydrogens is 520 g/mol. The van der Waals surface area contributed by atoms with Crippen LogP contribution in [-0.4, -0.2) is 30.6 Å². The van der Waals surface area contributed by atoms with Gasteiger partial charge in [0.05, 0.1) is 12.7 Å². The number of hydrogen-bond acceptors (Lipinski definition) is 4. The summed E-state index contributed by atoms with van der Waals surface area (Å²) in [6, 6.07) is 0. The van der Waals surface area contributed by atoms with Crippen molar-refractivity contribution in [2.75, 3.05) is 6.61 Å². The molecule has 0 aromatic heterocycles. The number of fused-ring (bicyclic) bond motifs is 9. The van der Waals surface area contributed by atoms with E-state index in [1.807, 2.05) is 0 Å². The van der Waals surface area contributed by atoms with Gasteiger partial charge in [-0.2, -0.15) is 0 Å². The van der Waals surface area contributed by atoms with Crippen molar-refractivity contribution in [2.24, 2.45) is 50.2 Å². The third-order valence-corrected chi connectivity index (χ3v) is 15.0. The average molecular weight is 583 g/mol. The summed E-state index contributed by atoms with van der Waals surface area (Å²) < 4.78 is 19.4. The van der Waals surface area contributed by atoms with Crippen molar-refractivity contribution in [3.63, 3.8) is 0 Å². The Morgan fingerprint density at radius 3 is 2.33 bits per heavy atom. The fraction of sp³-hybridized carbons (Fsp3) is 0.921. The zero-order valence-corrected chi connectivity index (χ0v) is 28.8. The summed E-state index contributed by atoms with van der Waals surface area (Å²) in [4.78, 5) is 13.0. The number of esters is 1. The summed E-state index contributed by atoms with van der Waals surface area (Å²) in [6.07, 6.45) is 16.3. The minimum Gasteiger partial charge on any atom is -0.462 e. The summed E-state index contributed by atoms with van der Waals surface area (Å²) in [7, 11) is 0. The highest BCUT2D eigenvalue weighted by Gasteiger charge is 2.70. The summed E-state index contributed by atoms with van der Waals surface area (Å²) in [5.74, 6) is 1.34. The Balaban J connectivity index is 1.33. The average Bonchev–Trinajstić information content (AvgIpc) is 2.89. The van der Waals surface area contributed by atoms with Gasteiger partial charge < -0.3 is 14.2 Å². The minimum absolute atomic E-state index is 0.0191. The minimum atomic E-state index is -0.470. The highest BCUT2D eigenvalue weighted by atomic mass is 16.7. The summed E-state index contributed by atoms with van der Waals surface area (Å²) >= 11 is 0. The van der Waals surface area contributed by atoms with Crippen molar-refractivity contribution >= 4 is 5.97 Å². The van der Waals surface area contributed by atoms with Gasteiger partial charge in [-0.1, -0.05) is 73.5 Å². The second-order valence-corrected chi connectivity index (χ2v) is 18.3. The van der Waals surface area contributed by atoms with Crippen LogP contribution in [0.15, 0.2) is 11.6 Å². The molecule has 5 fully saturated rings. The maximum Gasteiger partial charge on any atom is 0.306 e. The molecule has 42 heavy (non-hydrogen) atoms. The first-order chi connectivity index (χ1) is 19.4. The standard InChI is InChI=1S/C38H62O4/c1-11-12-13-31(39)41-30-23-32(2,3)22-26-25-14-15-28-35(7)18-17-29-36(8,24-40-33(4,5)42-29)27(35)16-19-38(28,10)37(25,9)21-20-34(26,30)6/h14,26-30H,11-13,15-24H2,1-10H3/t26-,27?,28-,29?,30-,34-,35+,36+,37-,38-/m1/s1. The van der Waals surface area contributed by atoms with Gasteiger partial charge in [-0.3, -0.25) is 4.79 Å². The van der Waals surface area contributed by atoms with Gasteiger partial charge in [0, 0.05) is 17.3 Å². The molecule has 5 aliphatic carbocycles. The second-order valence-electron chi connectivity index (χ2n) is 18.3. The van der Waals surface area contributed by atoms with E-state index < -0.39 is 5.79 Å². The van der Waals surface area contributed by atoms with Crippen molar-refractivity contribution in [1.82, 2.24) is 0 Å². The van der Waals surface area contributed by atoms with Crippen LogP contribution < -0.4 is 0 Å². The van der Waals surface area contributed by atoms with Gasteiger partial charge in [0.2, 0.25) is 0 Å². The highest BCUT2D eigenvalue weighted by molar-refractivity contribution is 5.69. The van der Waals surface area contributed by atoms with Gasteiger partial charge in [-0.05, 0) is 117 Å². The van der Waals surface area contributed by atoms with E-state index in [1.165, 1.54) is 38.5 Å². The van der Waals surface area contributed by atoms with Gasteiger partial charge in [0.25, 0.3) is 0 Å². The van der Waals surface area contributed by atoms with Crippen LogP contribution in [0.3, 0.4) is 0 Å². The van der Waals surface area contributed by atoms with Crippen molar-refractivity contribution in [1.29, 1.82) is 0 Å². The van der Waals surface area contributed by atoms with Crippen molar-refractivity contribution in [3.8, 4) is 0 Å². The number of hydrogen-bond donors (Lipinski definition) is 0. The van der Waals surface area contributed by atoms with Gasteiger partial charge >= 0.3 is 5.97 Å². The normalized spacial score (nSPS) is 50.6. The third-order valence-electron chi connectivity index (χ3n) is 15.0. The van der Waals surface area contributed by atoms with E-state index in [0.717, 1.165) is 38.7 Å². The number of rotatable bonds is 4. The number of unbranched alkanes of at least 4 members (excludes halogenated alkanes) is 1. The lowest BCUT2D eigenvalue weighted by Crippen LogP contribution is -2.68. The molecule has 6 rings (SSSR count). The molecule has 4 saturated carbocycles. The van der Waals surface area contributed by atoms with E-state index in [-0.39, 0.29) is 39.1 Å². The van der Waals surface area contributed by atoms with E-state index in [9.17, 15) is 4.79 Å². The van der Waals surface area contributed by atoms with E-state index in [2.05, 4.69) is 75.3 Å². The van der Waals surface area contributed by atoms with Crippen LogP contribution in [0, 0.1) is 50.2 Å². The first kappa shape index (κ1) is 31.1. The van der Waals surface area contributed by atoms with Gasteiger partial charge in [-0.15, -0.1) is 0 Å². The smallest absolute Gasteiger partial charge is 0.306 e. The van der Waals surface area contributed by atoms with Crippen molar-refractivity contribution in [3.05, 3.63) is 11.6 Å². The molecule has 0 bridgehead atoms. The highest BCUT2D eigenvalue weighted by Crippen LogP contribution is 2.76. The predicted octanol–water partition coefficient (Wildman–Crippen LogP) is 9.65. The molecule has 0 aromatic carbocycles. The molecule has 0 aromatic rings. The SMILES string of the molecule is CCCCC(=O)O[C@@H]1CC(C)(C)C[C@@H]2C3=CC[C@@H]4[C@@]5(C)CCC6OC(C)(C)OC[C@@]6(C)C5CC[C@@]4(C)[C@]3(C)CC[C@]21C. The molecule has 0 radical (unpaired) electrons. The van der Waals surface area contributed by atoms with Gasteiger partial charge in [0.1, 0.15) is 6.10 Å². The van der Waals surface area contributed by atoms with Crippen LogP contribution in [0.4, 0.5) is 0 Å². The van der Waals surface area contributed by atoms with E-state index >= 15 is 0 Å². The lowest BCUT2D eigenvalue weighted by atomic mass is 9.33. The molecule has 1 heterocycles. The maximum absolute atomic E-state index is 13.0. The molecule has 4 heteroatoms. The Morgan fingerprint density at radius 2 is 1.62 bits per heavy atom. The lowest BCUT2D eigenvalue weighted by molar-refractivity contribution is -0.351. The Kier molecular flexibility index (Phi) is 7.27. The molecule has 0 amide bonds. The topological polar surface area (TPSA) is 44.8 Å². The molecule has 1 saturated heterocycles. The molecule has 238 valence electrons. The number of carbonyl (C=O) groups is 1. The van der Waals surface area contributed by atoms with E-state index in [0.29, 0.717) is 35.7 Å². The lowest BCUT2D eigenvalue weighted by Gasteiger charge is -2.72. The van der Waals surface area contributed by atoms with Crippen LogP contribution in [0.1, 0.15) is 146 Å². The van der Waals surface area contributed by atoms with Crippen molar-refractivity contribution < 1.29 is 19.0 Å². The second kappa shape index (κ2) is 9.81. The summed E-state index contributed by atoms with van der Waals surface area (Å²) in [6.45, 7) is 25.0. The van der Waals surface area contributed by atoms with Crippen LogP contribution in [-0.2, 0) is 19.0 Å². The van der Waals surface area contributed by atoms with Crippen LogP contribution in [0.25, 0.3) is 0 Å². The number of ether oxygens (including phenoxy) is 3. The summed E-state index contributed by atoms with van der Waals surface area (Å²) in [5.41, 5.74) is 2.77. The number of carbonyl (C=O) groups excluding carboxylic acids is 1. The predicted molar refractivity (Wildman–Crippen MR) is 169 cm³/mol. The van der Waals surface area contributed by atoms with Crippen LogP contribution in [0.2, 0.25) is 0 Å². The first-order valence-electron chi connectivity index (χ1n) is 17.7. The van der Waals surface area contributed by atoms with E-state index in [1.54, 1.807) is 5.57 Å². The van der Waals surface area contributed by atoms with Crippen LogP contribution >= 0.6 is 0 Å². The molecule has 4 nitrogen and oxygen atoms in total. The fourth-order valence-corrected chi connectivity index (χ4v) is 12.2. The monoisotopic (exact) mass is 582 g/mol. The third kappa shape index (κ3) is 4.37. The Bertz CT molecular complexity index is 1120. The Morgan fingerprint density at radius 1 is 0.881 bits per heavy atom. The maximum atomic E-state index is 13.0. The largest absolute Gasteiger partial charge is 0.462 e. The molecular formula is C38H62O4.